The third-order valence-electron chi connectivity index (χ3n) is 2.16. The molecule has 0 spiro atoms. The second-order valence-electron chi connectivity index (χ2n) is 2.99. The van der Waals surface area contributed by atoms with Crippen LogP contribution in [0.4, 0.5) is 5.69 Å². The number of nitroso groups, excluding NO2 is 1. The van der Waals surface area contributed by atoms with Crippen molar-refractivity contribution >= 4 is 32.0 Å². The van der Waals surface area contributed by atoms with Gasteiger partial charge in [0, 0.05) is 5.56 Å². The highest BCUT2D eigenvalue weighted by atomic mass is 127. The number of nitrogens with zero attached hydrogens (tertiary/aromatic N) is 2. The molecule has 1 heterocycles. The molecule has 4 heteroatoms. The first kappa shape index (κ1) is 8.80. The van der Waals surface area contributed by atoms with E-state index in [2.05, 4.69) is 32.8 Å². The smallest absolute Gasteiger partial charge is 0.108 e. The van der Waals surface area contributed by atoms with Crippen LogP contribution in [0.2, 0.25) is 0 Å². The monoisotopic (exact) mass is 286 g/mol. The Morgan fingerprint density at radius 3 is 3.00 bits per heavy atom. The van der Waals surface area contributed by atoms with Crippen molar-refractivity contribution in [3.63, 3.8) is 0 Å². The van der Waals surface area contributed by atoms with Gasteiger partial charge in [-0.15, -0.1) is 4.91 Å². The first-order valence-electron chi connectivity index (χ1n) is 3.89. The van der Waals surface area contributed by atoms with Crippen molar-refractivity contribution in [3.8, 4) is 0 Å². The first-order chi connectivity index (χ1) is 6.22. The highest BCUT2D eigenvalue weighted by Crippen LogP contribution is 2.29. The van der Waals surface area contributed by atoms with E-state index in [1.165, 1.54) is 5.56 Å². The second kappa shape index (κ2) is 3.17. The van der Waals surface area contributed by atoms with Crippen molar-refractivity contribution in [2.24, 2.45) is 10.2 Å². The van der Waals surface area contributed by atoms with Gasteiger partial charge in [0.1, 0.15) is 9.41 Å². The summed E-state index contributed by atoms with van der Waals surface area (Å²) in [6, 6.07) is 3.60. The van der Waals surface area contributed by atoms with Crippen LogP contribution in [0.5, 0.6) is 0 Å². The average molecular weight is 286 g/mol. The van der Waals surface area contributed by atoms with Gasteiger partial charge in [0.2, 0.25) is 0 Å². The standard InChI is InChI=1S/C9H7IN2O/c1-5-2-6(12-13)3-7-8(5)4-11-9(7)10/h2-3H,4H2,1H3. The molecule has 1 aliphatic rings. The van der Waals surface area contributed by atoms with Crippen LogP contribution >= 0.6 is 22.6 Å². The third-order valence-corrected chi connectivity index (χ3v) is 3.08. The van der Waals surface area contributed by atoms with E-state index in [9.17, 15) is 4.91 Å². The van der Waals surface area contributed by atoms with E-state index in [0.29, 0.717) is 5.69 Å². The lowest BCUT2D eigenvalue weighted by Crippen LogP contribution is -1.91. The van der Waals surface area contributed by atoms with Crippen molar-refractivity contribution in [1.29, 1.82) is 0 Å². The molecule has 0 aliphatic carbocycles. The molecule has 1 aliphatic heterocycles. The fourth-order valence-corrected chi connectivity index (χ4v) is 2.13. The number of hydrogen-bond donors (Lipinski definition) is 0. The molecule has 0 atom stereocenters. The maximum absolute atomic E-state index is 10.4. The molecule has 66 valence electrons. The lowest BCUT2D eigenvalue weighted by Gasteiger charge is -2.03. The fourth-order valence-electron chi connectivity index (χ4n) is 1.48. The van der Waals surface area contributed by atoms with Crippen molar-refractivity contribution < 1.29 is 0 Å². The molecular weight excluding hydrogens is 279 g/mol. The summed E-state index contributed by atoms with van der Waals surface area (Å²) in [6.07, 6.45) is 0. The predicted molar refractivity (Wildman–Crippen MR) is 60.9 cm³/mol. The summed E-state index contributed by atoms with van der Waals surface area (Å²) in [7, 11) is 0. The minimum absolute atomic E-state index is 0.488. The number of rotatable bonds is 1. The van der Waals surface area contributed by atoms with Gasteiger partial charge < -0.3 is 0 Å². The normalized spacial score (nSPS) is 13.8. The molecule has 1 aromatic rings. The van der Waals surface area contributed by atoms with Gasteiger partial charge >= 0.3 is 0 Å². The predicted octanol–water partition coefficient (Wildman–Crippen LogP) is 3.09. The number of halogens is 1. The van der Waals surface area contributed by atoms with Gasteiger partial charge in [0.25, 0.3) is 0 Å². The van der Waals surface area contributed by atoms with Gasteiger partial charge in [-0.25, -0.2) is 0 Å². The summed E-state index contributed by atoms with van der Waals surface area (Å²) in [5.74, 6) is 0. The molecule has 0 unspecified atom stereocenters. The molecule has 0 fully saturated rings. The largest absolute Gasteiger partial charge is 0.273 e. The number of hydrogen-bond acceptors (Lipinski definition) is 3. The molecule has 1 aromatic carbocycles. The van der Waals surface area contributed by atoms with Gasteiger partial charge in [0.15, 0.2) is 0 Å². The zero-order valence-corrected chi connectivity index (χ0v) is 9.20. The van der Waals surface area contributed by atoms with Crippen molar-refractivity contribution in [1.82, 2.24) is 0 Å². The molecule has 3 nitrogen and oxygen atoms in total. The average Bonchev–Trinajstić information content (AvgIpc) is 2.48. The topological polar surface area (TPSA) is 41.8 Å². The maximum atomic E-state index is 10.4. The van der Waals surface area contributed by atoms with E-state index in [1.54, 1.807) is 12.1 Å². The van der Waals surface area contributed by atoms with Crippen LogP contribution in [0.1, 0.15) is 16.7 Å². The molecule has 0 bridgehead atoms. The van der Waals surface area contributed by atoms with Crippen LogP contribution in [0.25, 0.3) is 0 Å². The van der Waals surface area contributed by atoms with E-state index in [4.69, 9.17) is 0 Å². The van der Waals surface area contributed by atoms with Crippen molar-refractivity contribution in [2.75, 3.05) is 0 Å². The minimum atomic E-state index is 0.488. The molecule has 0 saturated carbocycles. The Hall–Kier alpha value is -0.780. The number of aliphatic imine (C=N–C) groups is 1. The summed E-state index contributed by atoms with van der Waals surface area (Å²) >= 11 is 2.18. The minimum Gasteiger partial charge on any atom is -0.273 e. The number of benzene rings is 1. The summed E-state index contributed by atoms with van der Waals surface area (Å²) in [5.41, 5.74) is 3.87. The van der Waals surface area contributed by atoms with Gasteiger partial charge in [-0.3, -0.25) is 4.99 Å². The van der Waals surface area contributed by atoms with Gasteiger partial charge in [-0.1, -0.05) is 0 Å². The highest BCUT2D eigenvalue weighted by molar-refractivity contribution is 14.1. The number of fused-ring (bicyclic) bond motifs is 1. The van der Waals surface area contributed by atoms with Crippen molar-refractivity contribution in [3.05, 3.63) is 33.7 Å². The van der Waals surface area contributed by atoms with Gasteiger partial charge in [0.05, 0.1) is 6.54 Å². The summed E-state index contributed by atoms with van der Waals surface area (Å²) < 4.78 is 0.973. The van der Waals surface area contributed by atoms with E-state index < -0.39 is 0 Å². The maximum Gasteiger partial charge on any atom is 0.108 e. The first-order valence-corrected chi connectivity index (χ1v) is 4.97. The Bertz CT molecular complexity index is 412. The summed E-state index contributed by atoms with van der Waals surface area (Å²) in [4.78, 5) is 14.7. The molecule has 0 N–H and O–H groups in total. The molecule has 0 amide bonds. The zero-order valence-electron chi connectivity index (χ0n) is 7.04. The highest BCUT2D eigenvalue weighted by Gasteiger charge is 2.16. The van der Waals surface area contributed by atoms with E-state index in [-0.39, 0.29) is 0 Å². The molecule has 0 radical (unpaired) electrons. The Balaban J connectivity index is 2.65. The molecule has 0 aromatic heterocycles. The zero-order chi connectivity index (χ0) is 9.42. The fraction of sp³-hybridized carbons (Fsp3) is 0.222. The van der Waals surface area contributed by atoms with Gasteiger partial charge in [-0.2, -0.15) is 0 Å². The Labute approximate surface area is 89.4 Å². The van der Waals surface area contributed by atoms with Crippen LogP contribution in [0.3, 0.4) is 0 Å². The van der Waals surface area contributed by atoms with Crippen LogP contribution in [0, 0.1) is 11.8 Å². The van der Waals surface area contributed by atoms with Crippen molar-refractivity contribution in [2.45, 2.75) is 13.5 Å². The Morgan fingerprint density at radius 2 is 2.31 bits per heavy atom. The second-order valence-corrected chi connectivity index (χ2v) is 4.01. The molecule has 0 saturated heterocycles. The van der Waals surface area contributed by atoms with Crippen LogP contribution in [0.15, 0.2) is 22.3 Å². The van der Waals surface area contributed by atoms with E-state index in [0.717, 1.165) is 21.4 Å². The third kappa shape index (κ3) is 1.39. The molecule has 13 heavy (non-hydrogen) atoms. The Kier molecular flexibility index (Phi) is 2.15. The number of aryl methyl sites for hydroxylation is 1. The SMILES string of the molecule is Cc1cc(N=O)cc2c1CN=C2I. The van der Waals surface area contributed by atoms with Crippen LogP contribution in [-0.2, 0) is 6.54 Å². The quantitative estimate of drug-likeness (QED) is 0.577. The molecular formula is C9H7IN2O. The van der Waals surface area contributed by atoms with E-state index >= 15 is 0 Å². The Morgan fingerprint density at radius 1 is 1.54 bits per heavy atom. The lowest BCUT2D eigenvalue weighted by molar-refractivity contribution is 1.09. The molecule has 2 rings (SSSR count). The lowest BCUT2D eigenvalue weighted by atomic mass is 10.0. The van der Waals surface area contributed by atoms with E-state index in [1.807, 2.05) is 6.92 Å². The van der Waals surface area contributed by atoms with Gasteiger partial charge in [-0.05, 0) is 58.0 Å². The summed E-state index contributed by atoms with van der Waals surface area (Å²) in [5, 5.41) is 2.94. The summed E-state index contributed by atoms with van der Waals surface area (Å²) in [6.45, 7) is 2.72. The van der Waals surface area contributed by atoms with Crippen LogP contribution in [-0.4, -0.2) is 3.72 Å². The van der Waals surface area contributed by atoms with Crippen LogP contribution < -0.4 is 0 Å².